The second-order valence-corrected chi connectivity index (χ2v) is 23.4. The van der Waals surface area contributed by atoms with Crippen LogP contribution in [0.3, 0.4) is 0 Å². The Balaban J connectivity index is 1.06. The molecule has 344 valence electrons. The zero-order valence-corrected chi connectivity index (χ0v) is 40.6. The molecule has 5 aliphatic rings. The summed E-state index contributed by atoms with van der Waals surface area (Å²) in [4.78, 5) is 26.1. The van der Waals surface area contributed by atoms with Crippen molar-refractivity contribution < 1.29 is 23.8 Å². The Morgan fingerprint density at radius 3 is 1.83 bits per heavy atom. The first kappa shape index (κ1) is 46.6. The largest absolute Gasteiger partial charge is 0.462 e. The highest BCUT2D eigenvalue weighted by atomic mass is 16.5. The van der Waals surface area contributed by atoms with Gasteiger partial charge in [-0.15, -0.1) is 0 Å². The summed E-state index contributed by atoms with van der Waals surface area (Å²) < 4.78 is 19.5. The first-order chi connectivity index (χ1) is 30.4. The molecule has 0 radical (unpaired) electrons. The summed E-state index contributed by atoms with van der Waals surface area (Å²) in [6.07, 6.45) is 13.4. The van der Waals surface area contributed by atoms with Crippen LogP contribution in [-0.2, 0) is 29.4 Å². The Labute approximate surface area is 386 Å². The predicted octanol–water partition coefficient (Wildman–Crippen LogP) is 14.1. The Kier molecular flexibility index (Phi) is 12.6. The topological polar surface area (TPSA) is 61.8 Å². The molecule has 5 nitrogen and oxygen atoms in total. The van der Waals surface area contributed by atoms with Crippen LogP contribution < -0.4 is 0 Å². The molecule has 5 heteroatoms. The van der Waals surface area contributed by atoms with Crippen molar-refractivity contribution in [1.29, 1.82) is 0 Å². The summed E-state index contributed by atoms with van der Waals surface area (Å²) in [5, 5.41) is 0. The molecule has 5 saturated carbocycles. The van der Waals surface area contributed by atoms with Crippen LogP contribution in [0.5, 0.6) is 0 Å². The zero-order valence-electron chi connectivity index (χ0n) is 40.6. The van der Waals surface area contributed by atoms with Crippen molar-refractivity contribution in [2.75, 3.05) is 13.2 Å². The molecule has 3 aromatic rings. The SMILES string of the molecule is C=CCOC(=O)CC(C)(C)CC(=O)OC1CC[C@@]2(C)C(CC[C@]3(C)C2CCC2C4[C@H](C(=C)C)CCC4(COC(c4ccccc4)(c4ccccc4)c4ccccc4)CC[C@]23C)C1(C)C. The molecule has 0 bridgehead atoms. The van der Waals surface area contributed by atoms with Gasteiger partial charge in [-0.2, -0.15) is 0 Å². The van der Waals surface area contributed by atoms with E-state index in [1.807, 2.05) is 13.8 Å². The summed E-state index contributed by atoms with van der Waals surface area (Å²) >= 11 is 0. The number of hydrogen-bond acceptors (Lipinski definition) is 5. The van der Waals surface area contributed by atoms with E-state index >= 15 is 0 Å². The van der Waals surface area contributed by atoms with Gasteiger partial charge in [-0.1, -0.05) is 164 Å². The standard InChI is InChI=1S/C59H78O5/c1-11-37-62-50(60)38-53(4,5)39-51(61)64-49-31-32-55(8)47(54(49,6)7)30-33-57(10)48(55)28-27-46-52-45(41(2)3)29-34-58(52,36-35-56(46,57)9)40-63-59(42-21-15-12-16-22-42,43-23-17-13-18-24-43)44-25-19-14-20-26-44/h11-26,45-49,52H,1-2,27-40H2,3-10H3/t45-,46?,47?,48?,49?,52?,55-,56+,57+,58?/m0/s1. The van der Waals surface area contributed by atoms with Crippen molar-refractivity contribution in [3.05, 3.63) is 132 Å². The van der Waals surface area contributed by atoms with Gasteiger partial charge in [-0.05, 0) is 144 Å². The first-order valence-electron chi connectivity index (χ1n) is 24.8. The number of carbonyl (C=O) groups is 2. The second-order valence-electron chi connectivity index (χ2n) is 23.4. The van der Waals surface area contributed by atoms with Crippen LogP contribution in [0, 0.1) is 62.1 Å². The third-order valence-electron chi connectivity index (χ3n) is 19.2. The highest BCUT2D eigenvalue weighted by Crippen LogP contribution is 2.78. The van der Waals surface area contributed by atoms with Gasteiger partial charge in [0.1, 0.15) is 18.3 Å². The zero-order chi connectivity index (χ0) is 45.8. The van der Waals surface area contributed by atoms with Crippen molar-refractivity contribution in [2.45, 2.75) is 144 Å². The van der Waals surface area contributed by atoms with Crippen LogP contribution >= 0.6 is 0 Å². The first-order valence-corrected chi connectivity index (χ1v) is 24.8. The van der Waals surface area contributed by atoms with E-state index in [-0.39, 0.29) is 64.6 Å². The molecular formula is C59H78O5. The third-order valence-corrected chi connectivity index (χ3v) is 19.2. The average Bonchev–Trinajstić information content (AvgIpc) is 3.65. The molecule has 5 fully saturated rings. The lowest BCUT2D eigenvalue weighted by Gasteiger charge is -2.73. The number of fused-ring (bicyclic) bond motifs is 7. The van der Waals surface area contributed by atoms with Gasteiger partial charge in [0.2, 0.25) is 0 Å². The van der Waals surface area contributed by atoms with Gasteiger partial charge in [0.05, 0.1) is 19.4 Å². The fraction of sp³-hybridized carbons (Fsp3) is 0.593. The Morgan fingerprint density at radius 2 is 1.27 bits per heavy atom. The van der Waals surface area contributed by atoms with Gasteiger partial charge in [0.25, 0.3) is 0 Å². The lowest BCUT2D eigenvalue weighted by molar-refractivity contribution is -0.254. The molecule has 8 rings (SSSR count). The minimum Gasteiger partial charge on any atom is -0.462 e. The molecule has 0 saturated heterocycles. The number of esters is 2. The van der Waals surface area contributed by atoms with Crippen molar-refractivity contribution >= 4 is 11.9 Å². The van der Waals surface area contributed by atoms with Gasteiger partial charge < -0.3 is 14.2 Å². The summed E-state index contributed by atoms with van der Waals surface area (Å²) in [6.45, 7) is 28.3. The molecule has 0 N–H and O–H groups in total. The number of carbonyl (C=O) groups excluding carboxylic acids is 2. The van der Waals surface area contributed by atoms with E-state index < -0.39 is 11.0 Å². The average molecular weight is 867 g/mol. The molecule has 0 heterocycles. The van der Waals surface area contributed by atoms with E-state index in [0.29, 0.717) is 29.6 Å². The lowest BCUT2D eigenvalue weighted by Crippen LogP contribution is -2.67. The highest BCUT2D eigenvalue weighted by molar-refractivity contribution is 5.74. The van der Waals surface area contributed by atoms with Crippen LogP contribution in [0.15, 0.2) is 116 Å². The molecule has 6 unspecified atom stereocenters. The van der Waals surface area contributed by atoms with Gasteiger partial charge >= 0.3 is 11.9 Å². The molecule has 0 amide bonds. The minimum absolute atomic E-state index is 0.0616. The van der Waals surface area contributed by atoms with Crippen molar-refractivity contribution in [1.82, 2.24) is 0 Å². The maximum Gasteiger partial charge on any atom is 0.306 e. The fourth-order valence-electron chi connectivity index (χ4n) is 16.0. The molecule has 0 spiro atoms. The number of ether oxygens (including phenoxy) is 3. The van der Waals surface area contributed by atoms with Crippen molar-refractivity contribution in [2.24, 2.45) is 62.1 Å². The summed E-state index contributed by atoms with van der Waals surface area (Å²) in [6, 6.07) is 32.8. The Hall–Kier alpha value is -3.96. The van der Waals surface area contributed by atoms with Crippen LogP contribution in [0.1, 0.15) is 149 Å². The molecule has 64 heavy (non-hydrogen) atoms. The number of rotatable bonds is 14. The Bertz CT molecular complexity index is 2060. The normalized spacial score (nSPS) is 34.2. The number of allylic oxidation sites excluding steroid dienone is 1. The Morgan fingerprint density at radius 1 is 0.688 bits per heavy atom. The van der Waals surface area contributed by atoms with E-state index in [4.69, 9.17) is 20.8 Å². The van der Waals surface area contributed by atoms with Crippen LogP contribution in [0.4, 0.5) is 0 Å². The van der Waals surface area contributed by atoms with Crippen LogP contribution in [0.2, 0.25) is 0 Å². The maximum absolute atomic E-state index is 13.6. The minimum atomic E-state index is -0.739. The third kappa shape index (κ3) is 7.76. The fourth-order valence-corrected chi connectivity index (χ4v) is 16.0. The molecule has 5 aliphatic carbocycles. The van der Waals surface area contributed by atoms with E-state index in [1.54, 1.807) is 6.08 Å². The molecular weight excluding hydrogens is 789 g/mol. The lowest BCUT2D eigenvalue weighted by atomic mass is 9.32. The molecule has 3 aromatic carbocycles. The molecule has 0 aliphatic heterocycles. The van der Waals surface area contributed by atoms with E-state index in [0.717, 1.165) is 25.9 Å². The summed E-state index contributed by atoms with van der Waals surface area (Å²) in [7, 11) is 0. The van der Waals surface area contributed by atoms with Crippen molar-refractivity contribution in [3.8, 4) is 0 Å². The second kappa shape index (κ2) is 17.4. The summed E-state index contributed by atoms with van der Waals surface area (Å²) in [5.74, 6) is 2.16. The predicted molar refractivity (Wildman–Crippen MR) is 258 cm³/mol. The molecule has 0 aromatic heterocycles. The van der Waals surface area contributed by atoms with E-state index in [1.165, 1.54) is 67.2 Å². The monoisotopic (exact) mass is 867 g/mol. The van der Waals surface area contributed by atoms with Crippen molar-refractivity contribution in [3.63, 3.8) is 0 Å². The summed E-state index contributed by atoms with van der Waals surface area (Å²) in [5.41, 5.74) is 4.03. The van der Waals surface area contributed by atoms with Gasteiger partial charge in [0.15, 0.2) is 0 Å². The van der Waals surface area contributed by atoms with Crippen LogP contribution in [0.25, 0.3) is 0 Å². The van der Waals surface area contributed by atoms with E-state index in [2.05, 4.69) is 139 Å². The molecule has 10 atom stereocenters. The smallest absolute Gasteiger partial charge is 0.306 e. The highest BCUT2D eigenvalue weighted by Gasteiger charge is 2.71. The van der Waals surface area contributed by atoms with Gasteiger partial charge in [0, 0.05) is 5.41 Å². The van der Waals surface area contributed by atoms with Gasteiger partial charge in [-0.25, -0.2) is 0 Å². The van der Waals surface area contributed by atoms with E-state index in [9.17, 15) is 9.59 Å². The number of benzene rings is 3. The maximum atomic E-state index is 13.6. The quantitative estimate of drug-likeness (QED) is 0.0918. The van der Waals surface area contributed by atoms with Crippen LogP contribution in [-0.4, -0.2) is 31.3 Å². The number of hydrogen-bond donors (Lipinski definition) is 0. The van der Waals surface area contributed by atoms with Gasteiger partial charge in [-0.3, -0.25) is 9.59 Å².